The molecule has 0 aliphatic carbocycles. The number of rotatable bonds is 11. The summed E-state index contributed by atoms with van der Waals surface area (Å²) in [4.78, 5) is 4.79. The average Bonchev–Trinajstić information content (AvgIpc) is 2.75. The molecule has 2 heterocycles. The molecule has 1 N–H and O–H groups in total. The molecule has 2 aliphatic rings. The number of aryl methyl sites for hydroxylation is 1. The van der Waals surface area contributed by atoms with Crippen molar-refractivity contribution in [1.29, 1.82) is 0 Å². The van der Waals surface area contributed by atoms with Gasteiger partial charge in [-0.1, -0.05) is 51.2 Å². The summed E-state index contributed by atoms with van der Waals surface area (Å²) in [6.45, 7) is 10.8. The third kappa shape index (κ3) is 7.56. The second-order valence-electron chi connectivity index (χ2n) is 8.56. The Morgan fingerprint density at radius 1 is 0.759 bits per heavy atom. The maximum atomic E-state index is 11.0. The Morgan fingerprint density at radius 3 is 1.76 bits per heavy atom. The summed E-state index contributed by atoms with van der Waals surface area (Å²) in [6, 6.07) is 4.50. The highest BCUT2D eigenvalue weighted by molar-refractivity contribution is 5.44. The topological polar surface area (TPSA) is 45.2 Å². The van der Waals surface area contributed by atoms with Gasteiger partial charge in [0, 0.05) is 50.4 Å². The zero-order valence-electron chi connectivity index (χ0n) is 18.3. The van der Waals surface area contributed by atoms with Crippen molar-refractivity contribution in [3.05, 3.63) is 28.8 Å². The van der Waals surface area contributed by atoms with Gasteiger partial charge >= 0.3 is 0 Å². The molecule has 0 radical (unpaired) electrons. The highest BCUT2D eigenvalue weighted by Crippen LogP contribution is 2.29. The number of benzene rings is 1. The maximum Gasteiger partial charge on any atom is 0.124 e. The van der Waals surface area contributed by atoms with Gasteiger partial charge < -0.3 is 14.6 Å². The van der Waals surface area contributed by atoms with E-state index in [1.807, 2.05) is 0 Å². The Kier molecular flexibility index (Phi) is 9.74. The summed E-state index contributed by atoms with van der Waals surface area (Å²) in [5.74, 6) is 0.495. The molecule has 0 unspecified atom stereocenters. The van der Waals surface area contributed by atoms with Gasteiger partial charge in [0.05, 0.1) is 26.4 Å². The lowest BCUT2D eigenvalue weighted by molar-refractivity contribution is 0.0327. The molecule has 2 saturated heterocycles. The van der Waals surface area contributed by atoms with Crippen molar-refractivity contribution in [2.75, 3.05) is 52.6 Å². The van der Waals surface area contributed by atoms with Crippen LogP contribution in [0.5, 0.6) is 5.75 Å². The van der Waals surface area contributed by atoms with Crippen LogP contribution in [0.1, 0.15) is 62.1 Å². The van der Waals surface area contributed by atoms with E-state index < -0.39 is 0 Å². The van der Waals surface area contributed by atoms with Crippen molar-refractivity contribution in [3.63, 3.8) is 0 Å². The van der Waals surface area contributed by atoms with Gasteiger partial charge in [-0.15, -0.1) is 0 Å². The van der Waals surface area contributed by atoms with Gasteiger partial charge in [-0.05, 0) is 18.4 Å². The zero-order chi connectivity index (χ0) is 20.3. The van der Waals surface area contributed by atoms with Crippen molar-refractivity contribution in [2.24, 2.45) is 0 Å². The first-order chi connectivity index (χ1) is 14.3. The van der Waals surface area contributed by atoms with Gasteiger partial charge in [0.25, 0.3) is 0 Å². The van der Waals surface area contributed by atoms with Gasteiger partial charge in [-0.2, -0.15) is 0 Å². The molecule has 5 nitrogen and oxygen atoms in total. The quantitative estimate of drug-likeness (QED) is 0.566. The molecular formula is C24H40N2O3. The lowest BCUT2D eigenvalue weighted by Crippen LogP contribution is -2.36. The predicted octanol–water partition coefficient (Wildman–Crippen LogP) is 3.96. The highest BCUT2D eigenvalue weighted by Gasteiger charge is 2.18. The van der Waals surface area contributed by atoms with Crippen LogP contribution in [0.4, 0.5) is 0 Å². The van der Waals surface area contributed by atoms with Crippen LogP contribution in [-0.2, 0) is 29.0 Å². The molecule has 0 atom stereocenters. The molecule has 0 amide bonds. The molecule has 29 heavy (non-hydrogen) atoms. The number of phenolic OH excluding ortho intramolecular Hbond substituents is 1. The first-order valence-electron chi connectivity index (χ1n) is 11.7. The van der Waals surface area contributed by atoms with E-state index in [9.17, 15) is 5.11 Å². The molecule has 0 bridgehead atoms. The van der Waals surface area contributed by atoms with Gasteiger partial charge in [0.2, 0.25) is 0 Å². The lowest BCUT2D eigenvalue weighted by atomic mass is 9.98. The Bertz CT molecular complexity index is 555. The van der Waals surface area contributed by atoms with E-state index in [0.717, 1.165) is 83.2 Å². The number of hydrogen-bond donors (Lipinski definition) is 1. The fourth-order valence-corrected chi connectivity index (χ4v) is 4.33. The number of aromatic hydroxyl groups is 1. The predicted molar refractivity (Wildman–Crippen MR) is 117 cm³/mol. The summed E-state index contributed by atoms with van der Waals surface area (Å²) in [7, 11) is 0. The summed E-state index contributed by atoms with van der Waals surface area (Å²) in [5, 5.41) is 11.0. The van der Waals surface area contributed by atoms with Crippen LogP contribution >= 0.6 is 0 Å². The molecule has 0 spiro atoms. The second-order valence-corrected chi connectivity index (χ2v) is 8.56. The molecule has 164 valence electrons. The largest absolute Gasteiger partial charge is 0.507 e. The van der Waals surface area contributed by atoms with Crippen molar-refractivity contribution in [3.8, 4) is 5.75 Å². The van der Waals surface area contributed by atoms with Crippen LogP contribution < -0.4 is 0 Å². The minimum Gasteiger partial charge on any atom is -0.507 e. The van der Waals surface area contributed by atoms with E-state index in [1.165, 1.54) is 44.1 Å². The standard InChI is InChI=1S/C24H40N2O3/c1-2-3-4-5-6-7-8-21-17-22(19-25-9-13-28-14-10-25)24(27)23(18-21)20-26-11-15-29-16-12-26/h17-18,27H,2-16,19-20H2,1H3. The minimum absolute atomic E-state index is 0.495. The third-order valence-electron chi connectivity index (χ3n) is 6.14. The fourth-order valence-electron chi connectivity index (χ4n) is 4.33. The van der Waals surface area contributed by atoms with E-state index in [4.69, 9.17) is 9.47 Å². The van der Waals surface area contributed by atoms with Crippen LogP contribution in [0.25, 0.3) is 0 Å². The first-order valence-corrected chi connectivity index (χ1v) is 11.7. The van der Waals surface area contributed by atoms with Crippen LogP contribution in [0, 0.1) is 0 Å². The van der Waals surface area contributed by atoms with E-state index in [-0.39, 0.29) is 0 Å². The number of morpholine rings is 2. The fraction of sp³-hybridized carbons (Fsp3) is 0.750. The van der Waals surface area contributed by atoms with Crippen LogP contribution in [0.15, 0.2) is 12.1 Å². The van der Waals surface area contributed by atoms with Gasteiger partial charge in [0.1, 0.15) is 5.75 Å². The number of unbranched alkanes of at least 4 members (excludes halogenated alkanes) is 5. The molecule has 2 aliphatic heterocycles. The zero-order valence-corrected chi connectivity index (χ0v) is 18.3. The average molecular weight is 405 g/mol. The van der Waals surface area contributed by atoms with Crippen molar-refractivity contribution >= 4 is 0 Å². The smallest absolute Gasteiger partial charge is 0.124 e. The normalized spacial score (nSPS) is 18.9. The maximum absolute atomic E-state index is 11.0. The molecule has 1 aromatic rings. The van der Waals surface area contributed by atoms with E-state index in [0.29, 0.717) is 5.75 Å². The van der Waals surface area contributed by atoms with Gasteiger partial charge in [-0.3, -0.25) is 9.80 Å². The summed E-state index contributed by atoms with van der Waals surface area (Å²) in [5.41, 5.74) is 3.54. The number of hydrogen-bond acceptors (Lipinski definition) is 5. The van der Waals surface area contributed by atoms with Crippen molar-refractivity contribution in [1.82, 2.24) is 9.80 Å². The van der Waals surface area contributed by atoms with Gasteiger partial charge in [-0.25, -0.2) is 0 Å². The highest BCUT2D eigenvalue weighted by atomic mass is 16.5. The SMILES string of the molecule is CCCCCCCCc1cc(CN2CCOCC2)c(O)c(CN2CCOCC2)c1. The summed E-state index contributed by atoms with van der Waals surface area (Å²) >= 11 is 0. The first kappa shape index (κ1) is 22.5. The molecule has 3 rings (SSSR count). The van der Waals surface area contributed by atoms with Crippen LogP contribution in [0.3, 0.4) is 0 Å². The summed E-state index contributed by atoms with van der Waals surface area (Å²) < 4.78 is 11.0. The molecule has 0 saturated carbocycles. The van der Waals surface area contributed by atoms with Crippen molar-refractivity contribution in [2.45, 2.75) is 65.0 Å². The van der Waals surface area contributed by atoms with Crippen molar-refractivity contribution < 1.29 is 14.6 Å². The molecule has 1 aromatic carbocycles. The Balaban J connectivity index is 1.66. The van der Waals surface area contributed by atoms with Crippen LogP contribution in [-0.4, -0.2) is 67.5 Å². The second kappa shape index (κ2) is 12.5. The van der Waals surface area contributed by atoms with Gasteiger partial charge in [0.15, 0.2) is 0 Å². The lowest BCUT2D eigenvalue weighted by Gasteiger charge is -2.29. The van der Waals surface area contributed by atoms with E-state index in [1.54, 1.807) is 0 Å². The van der Waals surface area contributed by atoms with Crippen LogP contribution in [0.2, 0.25) is 0 Å². The molecule has 2 fully saturated rings. The van der Waals surface area contributed by atoms with E-state index in [2.05, 4.69) is 28.9 Å². The molecular weight excluding hydrogens is 364 g/mol. The Labute approximate surface area is 177 Å². The number of phenols is 1. The number of nitrogens with zero attached hydrogens (tertiary/aromatic N) is 2. The Hall–Kier alpha value is -1.14. The third-order valence-corrected chi connectivity index (χ3v) is 6.14. The molecule has 5 heteroatoms. The van der Waals surface area contributed by atoms with E-state index >= 15 is 0 Å². The summed E-state index contributed by atoms with van der Waals surface area (Å²) in [6.07, 6.45) is 9.00. The number of ether oxygens (including phenoxy) is 2. The monoisotopic (exact) mass is 404 g/mol. The Morgan fingerprint density at radius 2 is 1.24 bits per heavy atom. The minimum atomic E-state index is 0.495. The molecule has 0 aromatic heterocycles.